The van der Waals surface area contributed by atoms with E-state index in [-0.39, 0.29) is 12.0 Å². The zero-order valence-corrected chi connectivity index (χ0v) is 10.2. The topological polar surface area (TPSA) is 43.8 Å². The van der Waals surface area contributed by atoms with Gasteiger partial charge in [0.05, 0.1) is 11.8 Å². The Balaban J connectivity index is 2.57. The summed E-state index contributed by atoms with van der Waals surface area (Å²) in [5, 5.41) is 4.06. The van der Waals surface area contributed by atoms with Crippen LogP contribution in [0.15, 0.2) is 24.4 Å². The second kappa shape index (κ2) is 4.20. The lowest BCUT2D eigenvalue weighted by atomic mass is 10.0. The third kappa shape index (κ3) is 2.02. The maximum absolute atomic E-state index is 14.1. The first-order chi connectivity index (χ1) is 8.00. The molecule has 17 heavy (non-hydrogen) atoms. The van der Waals surface area contributed by atoms with Crippen LogP contribution in [0, 0.1) is 12.9 Å². The minimum atomic E-state index is -0.311. The molecule has 0 saturated heterocycles. The Bertz CT molecular complexity index is 544. The molecule has 0 aliphatic carbocycles. The number of aromatic nitrogens is 2. The number of aryl methyl sites for hydroxylation is 1. The molecule has 1 heterocycles. The Kier molecular flexibility index (Phi) is 2.88. The Morgan fingerprint density at radius 3 is 2.59 bits per heavy atom. The van der Waals surface area contributed by atoms with Gasteiger partial charge in [-0.25, -0.2) is 4.68 Å². The minimum absolute atomic E-state index is 0.00474. The second-order valence-electron chi connectivity index (χ2n) is 4.46. The lowest BCUT2D eigenvalue weighted by molar-refractivity contribution is 0.417. The third-order valence-electron chi connectivity index (χ3n) is 2.78. The average molecular weight is 233 g/mol. The third-order valence-corrected chi connectivity index (χ3v) is 2.78. The van der Waals surface area contributed by atoms with Crippen molar-refractivity contribution in [2.45, 2.75) is 26.8 Å². The molecule has 0 atom stereocenters. The highest BCUT2D eigenvalue weighted by atomic mass is 19.1. The van der Waals surface area contributed by atoms with E-state index < -0.39 is 0 Å². The van der Waals surface area contributed by atoms with Crippen molar-refractivity contribution in [1.29, 1.82) is 0 Å². The molecule has 0 spiro atoms. The van der Waals surface area contributed by atoms with Crippen LogP contribution in [-0.2, 0) is 0 Å². The summed E-state index contributed by atoms with van der Waals surface area (Å²) in [6.07, 6.45) is 1.55. The van der Waals surface area contributed by atoms with Gasteiger partial charge in [0.15, 0.2) is 0 Å². The summed E-state index contributed by atoms with van der Waals surface area (Å²) in [6, 6.07) is 5.48. The summed E-state index contributed by atoms with van der Waals surface area (Å²) < 4.78 is 15.5. The fourth-order valence-corrected chi connectivity index (χ4v) is 1.82. The summed E-state index contributed by atoms with van der Waals surface area (Å²) in [5.74, 6) is -0.311. The van der Waals surface area contributed by atoms with E-state index in [4.69, 9.17) is 5.73 Å². The van der Waals surface area contributed by atoms with Crippen molar-refractivity contribution in [3.8, 4) is 11.1 Å². The van der Waals surface area contributed by atoms with E-state index in [1.54, 1.807) is 12.3 Å². The number of hydrogen-bond donors (Lipinski definition) is 1. The largest absolute Gasteiger partial charge is 0.399 e. The molecule has 0 radical (unpaired) electrons. The van der Waals surface area contributed by atoms with Crippen LogP contribution < -0.4 is 5.73 Å². The molecule has 0 unspecified atom stereocenters. The Morgan fingerprint density at radius 2 is 2.00 bits per heavy atom. The molecule has 0 fully saturated rings. The van der Waals surface area contributed by atoms with Gasteiger partial charge in [-0.2, -0.15) is 9.49 Å². The number of rotatable bonds is 2. The first kappa shape index (κ1) is 11.6. The number of benzene rings is 1. The van der Waals surface area contributed by atoms with Crippen LogP contribution >= 0.6 is 0 Å². The van der Waals surface area contributed by atoms with Gasteiger partial charge in [0.25, 0.3) is 0 Å². The highest BCUT2D eigenvalue weighted by Gasteiger charge is 2.15. The number of anilines is 1. The number of nitrogens with zero attached hydrogens (tertiary/aromatic N) is 2. The van der Waals surface area contributed by atoms with Gasteiger partial charge in [0.2, 0.25) is 5.95 Å². The van der Waals surface area contributed by atoms with Crippen molar-refractivity contribution < 1.29 is 4.39 Å². The van der Waals surface area contributed by atoms with E-state index in [9.17, 15) is 4.39 Å². The zero-order chi connectivity index (χ0) is 12.6. The predicted octanol–water partition coefficient (Wildman–Crippen LogP) is 3.16. The number of nitrogens with two attached hydrogens (primary N) is 1. The molecule has 0 aliphatic heterocycles. The van der Waals surface area contributed by atoms with Crippen LogP contribution in [0.4, 0.5) is 10.1 Å². The molecular weight excluding hydrogens is 217 g/mol. The van der Waals surface area contributed by atoms with Crippen molar-refractivity contribution in [2.75, 3.05) is 5.73 Å². The summed E-state index contributed by atoms with van der Waals surface area (Å²) in [5.41, 5.74) is 8.65. The molecule has 1 aromatic carbocycles. The van der Waals surface area contributed by atoms with Crippen LogP contribution in [0.1, 0.15) is 25.5 Å². The van der Waals surface area contributed by atoms with Crippen LogP contribution in [0.25, 0.3) is 11.1 Å². The minimum Gasteiger partial charge on any atom is -0.399 e. The van der Waals surface area contributed by atoms with Crippen LogP contribution in [0.5, 0.6) is 0 Å². The summed E-state index contributed by atoms with van der Waals surface area (Å²) >= 11 is 0. The fourth-order valence-electron chi connectivity index (χ4n) is 1.82. The summed E-state index contributed by atoms with van der Waals surface area (Å²) in [6.45, 7) is 5.72. The van der Waals surface area contributed by atoms with E-state index in [1.165, 1.54) is 4.68 Å². The van der Waals surface area contributed by atoms with E-state index in [2.05, 4.69) is 5.10 Å². The van der Waals surface area contributed by atoms with Gasteiger partial charge >= 0.3 is 0 Å². The average Bonchev–Trinajstić information content (AvgIpc) is 2.64. The first-order valence-electron chi connectivity index (χ1n) is 5.60. The Labute approximate surface area is 100 Å². The van der Waals surface area contributed by atoms with Crippen molar-refractivity contribution in [1.82, 2.24) is 9.78 Å². The molecule has 0 bridgehead atoms. The molecule has 1 aromatic heterocycles. The number of halogens is 1. The van der Waals surface area contributed by atoms with Gasteiger partial charge in [-0.3, -0.25) is 0 Å². The smallest absolute Gasteiger partial charge is 0.219 e. The van der Waals surface area contributed by atoms with Gasteiger partial charge < -0.3 is 5.73 Å². The summed E-state index contributed by atoms with van der Waals surface area (Å²) in [4.78, 5) is 0. The van der Waals surface area contributed by atoms with Gasteiger partial charge in [0.1, 0.15) is 0 Å². The lowest BCUT2D eigenvalue weighted by Gasteiger charge is -2.07. The molecule has 4 heteroatoms. The molecule has 3 nitrogen and oxygen atoms in total. The van der Waals surface area contributed by atoms with Gasteiger partial charge in [0, 0.05) is 11.7 Å². The van der Waals surface area contributed by atoms with Crippen molar-refractivity contribution >= 4 is 5.69 Å². The van der Waals surface area contributed by atoms with Gasteiger partial charge in [-0.15, -0.1) is 0 Å². The molecular formula is C13H16FN3. The zero-order valence-electron chi connectivity index (χ0n) is 10.2. The maximum atomic E-state index is 14.1. The first-order valence-corrected chi connectivity index (χ1v) is 5.60. The molecule has 90 valence electrons. The quantitative estimate of drug-likeness (QED) is 0.810. The molecule has 2 N–H and O–H groups in total. The Hall–Kier alpha value is -1.84. The van der Waals surface area contributed by atoms with Crippen molar-refractivity contribution in [3.63, 3.8) is 0 Å². The SMILES string of the molecule is Cc1ccc(N)cc1-c1cnn(C(C)C)c1F. The highest BCUT2D eigenvalue weighted by molar-refractivity contribution is 5.70. The van der Waals surface area contributed by atoms with E-state index in [0.717, 1.165) is 11.1 Å². The molecule has 2 rings (SSSR count). The highest BCUT2D eigenvalue weighted by Crippen LogP contribution is 2.28. The summed E-state index contributed by atoms with van der Waals surface area (Å²) in [7, 11) is 0. The van der Waals surface area contributed by atoms with E-state index >= 15 is 0 Å². The number of nitrogen functional groups attached to an aromatic ring is 1. The predicted molar refractivity (Wildman–Crippen MR) is 67.2 cm³/mol. The molecule has 0 amide bonds. The van der Waals surface area contributed by atoms with Crippen LogP contribution in [-0.4, -0.2) is 9.78 Å². The maximum Gasteiger partial charge on any atom is 0.219 e. The van der Waals surface area contributed by atoms with E-state index in [0.29, 0.717) is 11.3 Å². The lowest BCUT2D eigenvalue weighted by Crippen LogP contribution is -2.05. The van der Waals surface area contributed by atoms with Crippen LogP contribution in [0.2, 0.25) is 0 Å². The molecule has 0 aliphatic rings. The fraction of sp³-hybridized carbons (Fsp3) is 0.308. The van der Waals surface area contributed by atoms with Gasteiger partial charge in [-0.05, 0) is 44.0 Å². The van der Waals surface area contributed by atoms with Crippen LogP contribution in [0.3, 0.4) is 0 Å². The normalized spacial score (nSPS) is 11.1. The molecule has 0 saturated carbocycles. The monoisotopic (exact) mass is 233 g/mol. The number of hydrogen-bond acceptors (Lipinski definition) is 2. The molecule has 2 aromatic rings. The van der Waals surface area contributed by atoms with Crippen molar-refractivity contribution in [2.24, 2.45) is 0 Å². The Morgan fingerprint density at radius 1 is 1.29 bits per heavy atom. The van der Waals surface area contributed by atoms with Gasteiger partial charge in [-0.1, -0.05) is 6.07 Å². The standard InChI is InChI=1S/C13H16FN3/c1-8(2)17-13(14)12(7-16-17)11-6-10(15)5-4-9(11)3/h4-8H,15H2,1-3H3. The van der Waals surface area contributed by atoms with Crippen molar-refractivity contribution in [3.05, 3.63) is 35.9 Å². The second-order valence-corrected chi connectivity index (χ2v) is 4.46. The van der Waals surface area contributed by atoms with E-state index in [1.807, 2.05) is 32.9 Å².